The number of aromatic nitrogens is 1. The second-order valence-electron chi connectivity index (χ2n) is 5.92. The van der Waals surface area contributed by atoms with E-state index in [0.717, 1.165) is 17.9 Å². The lowest BCUT2D eigenvalue weighted by atomic mass is 9.75. The van der Waals surface area contributed by atoms with Crippen LogP contribution in [0, 0.1) is 0 Å². The van der Waals surface area contributed by atoms with E-state index in [0.29, 0.717) is 0 Å². The summed E-state index contributed by atoms with van der Waals surface area (Å²) in [6.07, 6.45) is 5.09. The number of likely N-dealkylation sites (N-methyl/N-ethyl adjacent to an activating group) is 2. The molecule has 1 N–H and O–H groups in total. The summed E-state index contributed by atoms with van der Waals surface area (Å²) in [6, 6.07) is 3.83. The van der Waals surface area contributed by atoms with E-state index in [2.05, 4.69) is 35.9 Å². The molecule has 2 rings (SSSR count). The molecular weight excluding hydrogens is 238 g/mol. The van der Waals surface area contributed by atoms with Crippen LogP contribution < -0.4 is 4.90 Å². The number of aliphatic hydroxyl groups excluding tert-OH is 1. The summed E-state index contributed by atoms with van der Waals surface area (Å²) in [4.78, 5) is 8.96. The van der Waals surface area contributed by atoms with E-state index >= 15 is 0 Å². The van der Waals surface area contributed by atoms with Crippen molar-refractivity contribution in [2.24, 2.45) is 0 Å². The average Bonchev–Trinajstić information content (AvgIpc) is 2.33. The lowest BCUT2D eigenvalue weighted by molar-refractivity contribution is 0.0680. The van der Waals surface area contributed by atoms with E-state index in [1.807, 2.05) is 12.1 Å². The first-order chi connectivity index (χ1) is 8.96. The molecule has 1 heterocycles. The lowest BCUT2D eigenvalue weighted by Gasteiger charge is -2.49. The third-order valence-electron chi connectivity index (χ3n) is 4.39. The predicted molar refractivity (Wildman–Crippen MR) is 78.4 cm³/mol. The standard InChI is InChI=1S/C15H25N3O/c1-12(19)13-7-5-10-16-14(13)18(4)11-15(17(2)3)8-6-9-15/h5,7,10,12,19H,6,8-9,11H2,1-4H3/t12-/m0/s1. The Morgan fingerprint density at radius 1 is 1.37 bits per heavy atom. The third kappa shape index (κ3) is 2.74. The lowest BCUT2D eigenvalue weighted by Crippen LogP contribution is -2.57. The molecule has 0 aliphatic heterocycles. The zero-order valence-corrected chi connectivity index (χ0v) is 12.4. The van der Waals surface area contributed by atoms with Crippen LogP contribution in [0.2, 0.25) is 0 Å². The van der Waals surface area contributed by atoms with Gasteiger partial charge >= 0.3 is 0 Å². The van der Waals surface area contributed by atoms with Crippen LogP contribution in [-0.2, 0) is 0 Å². The molecule has 1 aliphatic rings. The Kier molecular flexibility index (Phi) is 4.11. The molecule has 19 heavy (non-hydrogen) atoms. The maximum Gasteiger partial charge on any atom is 0.134 e. The van der Waals surface area contributed by atoms with Crippen molar-refractivity contribution in [3.63, 3.8) is 0 Å². The van der Waals surface area contributed by atoms with Crippen LogP contribution in [0.4, 0.5) is 5.82 Å². The first kappa shape index (κ1) is 14.3. The Hall–Kier alpha value is -1.13. The molecule has 0 spiro atoms. The number of hydrogen-bond donors (Lipinski definition) is 1. The SMILES string of the molecule is C[C@H](O)c1cccnc1N(C)CC1(N(C)C)CCC1. The Balaban J connectivity index is 2.18. The van der Waals surface area contributed by atoms with Crippen LogP contribution in [-0.4, -0.2) is 48.2 Å². The van der Waals surface area contributed by atoms with Gasteiger partial charge in [0.25, 0.3) is 0 Å². The van der Waals surface area contributed by atoms with Gasteiger partial charge < -0.3 is 14.9 Å². The van der Waals surface area contributed by atoms with E-state index in [9.17, 15) is 5.11 Å². The zero-order valence-electron chi connectivity index (χ0n) is 12.4. The van der Waals surface area contributed by atoms with Crippen LogP contribution in [0.1, 0.15) is 37.9 Å². The third-order valence-corrected chi connectivity index (χ3v) is 4.39. The van der Waals surface area contributed by atoms with Gasteiger partial charge in [-0.3, -0.25) is 0 Å². The fourth-order valence-electron chi connectivity index (χ4n) is 2.90. The highest BCUT2D eigenvalue weighted by Crippen LogP contribution is 2.37. The van der Waals surface area contributed by atoms with Crippen molar-refractivity contribution in [1.29, 1.82) is 0 Å². The van der Waals surface area contributed by atoms with Gasteiger partial charge in [-0.15, -0.1) is 0 Å². The van der Waals surface area contributed by atoms with Gasteiger partial charge in [-0.1, -0.05) is 6.07 Å². The highest BCUT2D eigenvalue weighted by molar-refractivity contribution is 5.47. The Morgan fingerprint density at radius 3 is 2.53 bits per heavy atom. The minimum Gasteiger partial charge on any atom is -0.389 e. The van der Waals surface area contributed by atoms with Crippen LogP contribution >= 0.6 is 0 Å². The number of anilines is 1. The number of nitrogens with zero attached hydrogens (tertiary/aromatic N) is 3. The topological polar surface area (TPSA) is 39.6 Å². The molecule has 1 atom stereocenters. The predicted octanol–water partition coefficient (Wildman–Crippen LogP) is 2.06. The molecule has 1 aliphatic carbocycles. The first-order valence-electron chi connectivity index (χ1n) is 6.98. The van der Waals surface area contributed by atoms with Gasteiger partial charge in [0.05, 0.1) is 6.10 Å². The van der Waals surface area contributed by atoms with E-state index in [4.69, 9.17) is 0 Å². The number of rotatable bonds is 5. The van der Waals surface area contributed by atoms with Crippen molar-refractivity contribution in [2.45, 2.75) is 37.8 Å². The summed E-state index contributed by atoms with van der Waals surface area (Å²) < 4.78 is 0. The van der Waals surface area contributed by atoms with Crippen molar-refractivity contribution in [2.75, 3.05) is 32.6 Å². The molecule has 0 radical (unpaired) electrons. The molecule has 1 saturated carbocycles. The normalized spacial score (nSPS) is 19.1. The molecule has 0 saturated heterocycles. The van der Waals surface area contributed by atoms with E-state index < -0.39 is 6.10 Å². The molecule has 1 aromatic heterocycles. The maximum absolute atomic E-state index is 9.86. The maximum atomic E-state index is 9.86. The molecule has 4 heteroatoms. The zero-order chi connectivity index (χ0) is 14.0. The minimum atomic E-state index is -0.483. The van der Waals surface area contributed by atoms with Crippen LogP contribution in [0.3, 0.4) is 0 Å². The fourth-order valence-corrected chi connectivity index (χ4v) is 2.90. The molecule has 0 amide bonds. The number of hydrogen-bond acceptors (Lipinski definition) is 4. The van der Waals surface area contributed by atoms with Crippen LogP contribution in [0.5, 0.6) is 0 Å². The minimum absolute atomic E-state index is 0.266. The molecule has 0 aromatic carbocycles. The second-order valence-corrected chi connectivity index (χ2v) is 5.92. The molecule has 0 unspecified atom stereocenters. The average molecular weight is 263 g/mol. The highest BCUT2D eigenvalue weighted by atomic mass is 16.3. The molecule has 1 aromatic rings. The van der Waals surface area contributed by atoms with Gasteiger partial charge in [0.15, 0.2) is 0 Å². The van der Waals surface area contributed by atoms with Gasteiger partial charge in [-0.25, -0.2) is 4.98 Å². The molecule has 1 fully saturated rings. The largest absolute Gasteiger partial charge is 0.389 e. The number of aliphatic hydroxyl groups is 1. The first-order valence-corrected chi connectivity index (χ1v) is 6.98. The van der Waals surface area contributed by atoms with Gasteiger partial charge in [-0.05, 0) is 46.3 Å². The van der Waals surface area contributed by atoms with Gasteiger partial charge in [0, 0.05) is 30.9 Å². The number of pyridine rings is 1. The molecule has 0 bridgehead atoms. The Bertz CT molecular complexity index is 427. The van der Waals surface area contributed by atoms with Gasteiger partial charge in [-0.2, -0.15) is 0 Å². The van der Waals surface area contributed by atoms with Gasteiger partial charge in [0.2, 0.25) is 0 Å². The van der Waals surface area contributed by atoms with Crippen LogP contribution in [0.25, 0.3) is 0 Å². The van der Waals surface area contributed by atoms with Crippen molar-refractivity contribution < 1.29 is 5.11 Å². The summed E-state index contributed by atoms with van der Waals surface area (Å²) in [5, 5.41) is 9.86. The Labute approximate surface area is 116 Å². The van der Waals surface area contributed by atoms with Crippen molar-refractivity contribution in [3.8, 4) is 0 Å². The van der Waals surface area contributed by atoms with Gasteiger partial charge in [0.1, 0.15) is 5.82 Å². The van der Waals surface area contributed by atoms with E-state index in [-0.39, 0.29) is 5.54 Å². The van der Waals surface area contributed by atoms with E-state index in [1.165, 1.54) is 19.3 Å². The summed E-state index contributed by atoms with van der Waals surface area (Å²) in [6.45, 7) is 2.75. The summed E-state index contributed by atoms with van der Waals surface area (Å²) >= 11 is 0. The second kappa shape index (κ2) is 5.47. The quantitative estimate of drug-likeness (QED) is 0.882. The van der Waals surface area contributed by atoms with Crippen molar-refractivity contribution in [1.82, 2.24) is 9.88 Å². The summed E-state index contributed by atoms with van der Waals surface area (Å²) in [5.74, 6) is 0.894. The molecule has 4 nitrogen and oxygen atoms in total. The van der Waals surface area contributed by atoms with Crippen LogP contribution in [0.15, 0.2) is 18.3 Å². The van der Waals surface area contributed by atoms with Crippen molar-refractivity contribution >= 4 is 5.82 Å². The highest BCUT2D eigenvalue weighted by Gasteiger charge is 2.40. The molecule has 106 valence electrons. The smallest absolute Gasteiger partial charge is 0.134 e. The Morgan fingerprint density at radius 2 is 2.05 bits per heavy atom. The summed E-state index contributed by atoms with van der Waals surface area (Å²) in [5.41, 5.74) is 1.17. The molecular formula is C15H25N3O. The van der Waals surface area contributed by atoms with E-state index in [1.54, 1.807) is 13.1 Å². The fraction of sp³-hybridized carbons (Fsp3) is 0.667. The summed E-state index contributed by atoms with van der Waals surface area (Å²) in [7, 11) is 6.37. The van der Waals surface area contributed by atoms with Crippen molar-refractivity contribution in [3.05, 3.63) is 23.9 Å². The monoisotopic (exact) mass is 263 g/mol.